The van der Waals surface area contributed by atoms with Crippen LogP contribution in [-0.2, 0) is 16.0 Å². The fraction of sp³-hybridized carbons (Fsp3) is 0.684. The quantitative estimate of drug-likeness (QED) is 0.279. The van der Waals surface area contributed by atoms with Gasteiger partial charge in [0.15, 0.2) is 0 Å². The Kier molecular flexibility index (Phi) is 10.6. The Bertz CT molecular complexity index is 456. The maximum absolute atomic E-state index is 12.6. The Balaban J connectivity index is 2.94. The Hall–Kier alpha value is -1.16. The topological polar surface area (TPSA) is 39.2 Å². The normalized spacial score (nSPS) is 10.6. The number of esters is 1. The molecule has 4 heteroatoms. The van der Waals surface area contributed by atoms with Crippen LogP contribution in [0.15, 0.2) is 22.0 Å². The second-order valence-electron chi connectivity index (χ2n) is 5.94. The minimum absolute atomic E-state index is 0.131. The number of carbonyl (C=O) groups excluding carboxylic acids is 1. The van der Waals surface area contributed by atoms with E-state index in [4.69, 9.17) is 4.74 Å². The van der Waals surface area contributed by atoms with Gasteiger partial charge in [0.1, 0.15) is 0 Å². The van der Waals surface area contributed by atoms with Crippen molar-refractivity contribution in [2.75, 3.05) is 6.61 Å². The van der Waals surface area contributed by atoms with Gasteiger partial charge in [0.2, 0.25) is 0 Å². The number of ether oxygens (including phenoxy) is 1. The summed E-state index contributed by atoms with van der Waals surface area (Å²) in [7, 11) is 0. The number of allylic oxidation sites excluding steroid dienone is 1. The summed E-state index contributed by atoms with van der Waals surface area (Å²) in [5, 5.41) is 2.02. The van der Waals surface area contributed by atoms with E-state index in [1.54, 1.807) is 11.3 Å². The van der Waals surface area contributed by atoms with Crippen molar-refractivity contribution in [2.24, 2.45) is 0 Å². The fourth-order valence-corrected chi connectivity index (χ4v) is 3.01. The molecular formula is C19H31NO2S. The third-order valence-electron chi connectivity index (χ3n) is 3.91. The zero-order valence-corrected chi connectivity index (χ0v) is 15.7. The van der Waals surface area contributed by atoms with E-state index >= 15 is 0 Å². The average molecular weight is 338 g/mol. The van der Waals surface area contributed by atoms with Crippen molar-refractivity contribution >= 4 is 17.3 Å². The lowest BCUT2D eigenvalue weighted by molar-refractivity contribution is -0.139. The molecule has 0 N–H and O–H groups in total. The number of carbonyl (C=O) groups is 1. The number of hydrogen-bond acceptors (Lipinski definition) is 4. The SMILES string of the molecule is CCCCOC(=O)C(Cc1cscn1)=C(CCCC)CCCC. The predicted molar refractivity (Wildman–Crippen MR) is 97.8 cm³/mol. The van der Waals surface area contributed by atoms with E-state index in [2.05, 4.69) is 25.8 Å². The Labute approximate surface area is 145 Å². The molecular weight excluding hydrogens is 306 g/mol. The minimum Gasteiger partial charge on any atom is -0.462 e. The summed E-state index contributed by atoms with van der Waals surface area (Å²) in [6.07, 6.45) is 9.11. The van der Waals surface area contributed by atoms with Gasteiger partial charge in [0, 0.05) is 17.4 Å². The maximum Gasteiger partial charge on any atom is 0.334 e. The molecule has 0 aliphatic carbocycles. The number of hydrogen-bond donors (Lipinski definition) is 0. The van der Waals surface area contributed by atoms with Crippen LogP contribution in [0.2, 0.25) is 0 Å². The molecule has 0 aromatic carbocycles. The van der Waals surface area contributed by atoms with Crippen LogP contribution >= 0.6 is 11.3 Å². The van der Waals surface area contributed by atoms with Crippen LogP contribution in [0.25, 0.3) is 0 Å². The lowest BCUT2D eigenvalue weighted by Crippen LogP contribution is -2.14. The third-order valence-corrected chi connectivity index (χ3v) is 4.55. The van der Waals surface area contributed by atoms with Crippen LogP contribution in [0.1, 0.15) is 77.8 Å². The van der Waals surface area contributed by atoms with E-state index in [9.17, 15) is 4.79 Å². The van der Waals surface area contributed by atoms with E-state index in [0.29, 0.717) is 13.0 Å². The first-order valence-corrected chi connectivity index (χ1v) is 9.92. The highest BCUT2D eigenvalue weighted by atomic mass is 32.1. The van der Waals surface area contributed by atoms with Crippen LogP contribution < -0.4 is 0 Å². The molecule has 0 saturated carbocycles. The Morgan fingerprint density at radius 1 is 1.09 bits per heavy atom. The first kappa shape index (κ1) is 19.9. The van der Waals surface area contributed by atoms with E-state index in [1.165, 1.54) is 5.57 Å². The molecule has 1 rings (SSSR count). The average Bonchev–Trinajstić information content (AvgIpc) is 3.06. The Morgan fingerprint density at radius 2 is 1.74 bits per heavy atom. The largest absolute Gasteiger partial charge is 0.462 e. The highest BCUT2D eigenvalue weighted by molar-refractivity contribution is 7.07. The predicted octanol–water partition coefficient (Wildman–Crippen LogP) is 5.71. The monoisotopic (exact) mass is 337 g/mol. The lowest BCUT2D eigenvalue weighted by atomic mass is 9.94. The van der Waals surface area contributed by atoms with Crippen molar-refractivity contribution < 1.29 is 9.53 Å². The fourth-order valence-electron chi connectivity index (χ4n) is 2.45. The first-order chi connectivity index (χ1) is 11.2. The number of nitrogens with zero attached hydrogens (tertiary/aromatic N) is 1. The highest BCUT2D eigenvalue weighted by Crippen LogP contribution is 2.23. The molecule has 0 radical (unpaired) electrons. The molecule has 1 aromatic rings. The summed E-state index contributed by atoms with van der Waals surface area (Å²) >= 11 is 1.58. The van der Waals surface area contributed by atoms with Gasteiger partial charge in [0.25, 0.3) is 0 Å². The molecule has 0 aliphatic rings. The van der Waals surface area contributed by atoms with Gasteiger partial charge in [-0.3, -0.25) is 0 Å². The van der Waals surface area contributed by atoms with Gasteiger partial charge in [-0.2, -0.15) is 0 Å². The molecule has 23 heavy (non-hydrogen) atoms. The standard InChI is InChI=1S/C19H31NO2S/c1-4-7-10-16(11-8-5-2)18(13-17-14-23-15-20-17)19(21)22-12-9-6-3/h14-15H,4-13H2,1-3H3. The summed E-state index contributed by atoms with van der Waals surface area (Å²) in [6, 6.07) is 0. The second kappa shape index (κ2) is 12.3. The van der Waals surface area contributed by atoms with Crippen LogP contribution in [0.5, 0.6) is 0 Å². The van der Waals surface area contributed by atoms with Crippen molar-refractivity contribution in [3.63, 3.8) is 0 Å². The Morgan fingerprint density at radius 3 is 2.26 bits per heavy atom. The van der Waals surface area contributed by atoms with Crippen LogP contribution in [0, 0.1) is 0 Å². The molecule has 3 nitrogen and oxygen atoms in total. The molecule has 130 valence electrons. The van der Waals surface area contributed by atoms with Crippen LogP contribution in [0.4, 0.5) is 0 Å². The van der Waals surface area contributed by atoms with Crippen LogP contribution in [-0.4, -0.2) is 17.6 Å². The molecule has 0 unspecified atom stereocenters. The van der Waals surface area contributed by atoms with Gasteiger partial charge in [-0.25, -0.2) is 9.78 Å². The molecule has 1 heterocycles. The van der Waals surface area contributed by atoms with Crippen molar-refractivity contribution in [2.45, 2.75) is 78.6 Å². The minimum atomic E-state index is -0.131. The number of rotatable bonds is 12. The molecule has 0 bridgehead atoms. The number of thiazole rings is 1. The highest BCUT2D eigenvalue weighted by Gasteiger charge is 2.18. The molecule has 0 aliphatic heterocycles. The zero-order valence-electron chi connectivity index (χ0n) is 14.9. The van der Waals surface area contributed by atoms with Crippen molar-refractivity contribution in [3.05, 3.63) is 27.7 Å². The van der Waals surface area contributed by atoms with Gasteiger partial charge in [0.05, 0.1) is 17.8 Å². The summed E-state index contributed by atoms with van der Waals surface area (Å²) in [4.78, 5) is 17.0. The zero-order chi connectivity index (χ0) is 16.9. The van der Waals surface area contributed by atoms with Gasteiger partial charge >= 0.3 is 5.97 Å². The van der Waals surface area contributed by atoms with Crippen molar-refractivity contribution in [1.82, 2.24) is 4.98 Å². The van der Waals surface area contributed by atoms with Gasteiger partial charge < -0.3 is 4.74 Å². The summed E-state index contributed by atoms with van der Waals surface area (Å²) in [5.41, 5.74) is 4.94. The molecule has 0 atom stereocenters. The van der Waals surface area contributed by atoms with Crippen molar-refractivity contribution in [3.8, 4) is 0 Å². The molecule has 0 fully saturated rings. The second-order valence-corrected chi connectivity index (χ2v) is 6.65. The van der Waals surface area contributed by atoms with Crippen molar-refractivity contribution in [1.29, 1.82) is 0 Å². The molecule has 0 spiro atoms. The summed E-state index contributed by atoms with van der Waals surface area (Å²) < 4.78 is 5.51. The molecule has 0 saturated heterocycles. The molecule has 1 aromatic heterocycles. The van der Waals surface area contributed by atoms with Gasteiger partial charge in [-0.15, -0.1) is 11.3 Å². The number of unbranched alkanes of at least 4 members (excludes halogenated alkanes) is 3. The van der Waals surface area contributed by atoms with E-state index in [1.807, 2.05) is 10.9 Å². The van der Waals surface area contributed by atoms with Crippen LogP contribution in [0.3, 0.4) is 0 Å². The molecule has 0 amide bonds. The first-order valence-electron chi connectivity index (χ1n) is 8.97. The smallest absolute Gasteiger partial charge is 0.334 e. The van der Waals surface area contributed by atoms with E-state index < -0.39 is 0 Å². The van der Waals surface area contributed by atoms with E-state index in [-0.39, 0.29) is 5.97 Å². The summed E-state index contributed by atoms with van der Waals surface area (Å²) in [6.45, 7) is 7.01. The maximum atomic E-state index is 12.6. The third kappa shape index (κ3) is 7.78. The summed E-state index contributed by atoms with van der Waals surface area (Å²) in [5.74, 6) is -0.131. The van der Waals surface area contributed by atoms with E-state index in [0.717, 1.165) is 62.6 Å². The lowest BCUT2D eigenvalue weighted by Gasteiger charge is -2.14. The number of aromatic nitrogens is 1. The van der Waals surface area contributed by atoms with Gasteiger partial charge in [-0.05, 0) is 32.1 Å². The van der Waals surface area contributed by atoms with Gasteiger partial charge in [-0.1, -0.05) is 45.6 Å².